The minimum atomic E-state index is -0.577. The molecule has 0 aliphatic carbocycles. The van der Waals surface area contributed by atoms with Crippen LogP contribution in [-0.4, -0.2) is 17.6 Å². The molecular weight excluding hydrogens is 249 g/mol. The van der Waals surface area contributed by atoms with Crippen molar-refractivity contribution >= 4 is 5.97 Å². The third-order valence-corrected chi connectivity index (χ3v) is 2.40. The van der Waals surface area contributed by atoms with Crippen LogP contribution in [0.2, 0.25) is 0 Å². The number of ether oxygens (including phenoxy) is 1. The molecule has 0 aliphatic heterocycles. The molecule has 0 spiro atoms. The Kier molecular flexibility index (Phi) is 5.32. The Labute approximate surface area is 111 Å². The Morgan fingerprint density at radius 3 is 2.42 bits per heavy atom. The van der Waals surface area contributed by atoms with Gasteiger partial charge in [-0.1, -0.05) is 12.1 Å². The number of allylic oxidation sites excluding steroid dienone is 1. The van der Waals surface area contributed by atoms with Crippen LogP contribution in [0, 0.1) is 5.82 Å². The minimum absolute atomic E-state index is 0.103. The Morgan fingerprint density at radius 1 is 1.37 bits per heavy atom. The van der Waals surface area contributed by atoms with E-state index in [4.69, 9.17) is 16.3 Å². The number of benzene rings is 1. The Bertz CT molecular complexity index is 467. The van der Waals surface area contributed by atoms with Crippen LogP contribution in [0.1, 0.15) is 19.4 Å². The quantitative estimate of drug-likeness (QED) is 0.363. The summed E-state index contributed by atoms with van der Waals surface area (Å²) in [4.78, 5) is 11.7. The summed E-state index contributed by atoms with van der Waals surface area (Å²) in [7, 11) is 0. The van der Waals surface area contributed by atoms with E-state index in [0.717, 1.165) is 5.56 Å². The molecule has 6 heteroatoms. The van der Waals surface area contributed by atoms with E-state index in [9.17, 15) is 9.18 Å². The second kappa shape index (κ2) is 6.75. The predicted molar refractivity (Wildman–Crippen MR) is 69.7 cm³/mol. The lowest BCUT2D eigenvalue weighted by Gasteiger charge is -2.21. The highest BCUT2D eigenvalue weighted by molar-refractivity contribution is 5.88. The van der Waals surface area contributed by atoms with Gasteiger partial charge in [0, 0.05) is 5.70 Å². The fraction of sp³-hybridized carbons (Fsp3) is 0.308. The van der Waals surface area contributed by atoms with E-state index in [1.54, 1.807) is 26.0 Å². The molecule has 19 heavy (non-hydrogen) atoms. The van der Waals surface area contributed by atoms with Gasteiger partial charge in [0.15, 0.2) is 5.70 Å². The van der Waals surface area contributed by atoms with E-state index >= 15 is 0 Å². The van der Waals surface area contributed by atoms with Gasteiger partial charge in [0.2, 0.25) is 0 Å². The van der Waals surface area contributed by atoms with E-state index in [1.165, 1.54) is 17.1 Å². The summed E-state index contributed by atoms with van der Waals surface area (Å²) in [6, 6.07) is 5.83. The van der Waals surface area contributed by atoms with Gasteiger partial charge in [0.1, 0.15) is 5.82 Å². The van der Waals surface area contributed by atoms with Crippen molar-refractivity contribution in [1.29, 1.82) is 0 Å². The predicted octanol–water partition coefficient (Wildman–Crippen LogP) is 1.25. The van der Waals surface area contributed by atoms with Gasteiger partial charge in [0.05, 0.1) is 13.2 Å². The molecule has 0 aliphatic rings. The Morgan fingerprint density at radius 2 is 1.95 bits per heavy atom. The largest absolute Gasteiger partial charge is 0.461 e. The molecule has 4 N–H and O–H groups in total. The highest BCUT2D eigenvalue weighted by Gasteiger charge is 2.18. The van der Waals surface area contributed by atoms with Crippen LogP contribution < -0.4 is 11.6 Å². The molecule has 104 valence electrons. The second-order valence-corrected chi connectivity index (χ2v) is 4.01. The first-order valence-corrected chi connectivity index (χ1v) is 5.85. The standard InChI is InChI=1S/C13H18FN3O2/c1-3-19-13(18)12(9(2)15)17(16)8-10-4-6-11(14)7-5-10/h4-7H,3,8,15-16H2,1-2H3/b12-9-. The summed E-state index contributed by atoms with van der Waals surface area (Å²) in [5.74, 6) is 4.91. The SMILES string of the molecule is CCOC(=O)/C(=C(\C)N)N(N)Cc1ccc(F)cc1. The van der Waals surface area contributed by atoms with Gasteiger partial charge in [-0.3, -0.25) is 5.01 Å². The van der Waals surface area contributed by atoms with Crippen LogP contribution in [0.4, 0.5) is 4.39 Å². The van der Waals surface area contributed by atoms with Gasteiger partial charge in [0.25, 0.3) is 0 Å². The van der Waals surface area contributed by atoms with Gasteiger partial charge in [-0.25, -0.2) is 15.0 Å². The maximum atomic E-state index is 12.8. The van der Waals surface area contributed by atoms with Crippen molar-refractivity contribution in [2.24, 2.45) is 11.6 Å². The first-order valence-electron chi connectivity index (χ1n) is 5.85. The normalized spacial score (nSPS) is 11.8. The topological polar surface area (TPSA) is 81.6 Å². The number of halogens is 1. The van der Waals surface area contributed by atoms with Crippen molar-refractivity contribution in [3.05, 3.63) is 47.0 Å². The van der Waals surface area contributed by atoms with E-state index in [0.29, 0.717) is 0 Å². The number of hydrazine groups is 1. The van der Waals surface area contributed by atoms with Gasteiger partial charge < -0.3 is 10.5 Å². The van der Waals surface area contributed by atoms with E-state index in [2.05, 4.69) is 0 Å². The van der Waals surface area contributed by atoms with Crippen LogP contribution in [0.15, 0.2) is 35.7 Å². The lowest BCUT2D eigenvalue weighted by molar-refractivity contribution is -0.140. The molecule has 0 unspecified atom stereocenters. The number of nitrogens with zero attached hydrogens (tertiary/aromatic N) is 1. The molecule has 1 aromatic carbocycles. The molecule has 0 heterocycles. The van der Waals surface area contributed by atoms with E-state index < -0.39 is 5.97 Å². The molecule has 0 aromatic heterocycles. The third-order valence-electron chi connectivity index (χ3n) is 2.40. The fourth-order valence-corrected chi connectivity index (χ4v) is 1.57. The van der Waals surface area contributed by atoms with Crippen LogP contribution in [-0.2, 0) is 16.1 Å². The smallest absolute Gasteiger partial charge is 0.357 e. The third kappa shape index (κ3) is 4.26. The lowest BCUT2D eigenvalue weighted by atomic mass is 10.2. The van der Waals surface area contributed by atoms with Crippen LogP contribution in [0.3, 0.4) is 0 Å². The zero-order valence-corrected chi connectivity index (χ0v) is 11.0. The maximum absolute atomic E-state index is 12.8. The molecule has 0 atom stereocenters. The first kappa shape index (κ1) is 15.0. The van der Waals surface area contributed by atoms with Gasteiger partial charge in [-0.15, -0.1) is 0 Å². The highest BCUT2D eigenvalue weighted by atomic mass is 19.1. The molecule has 0 bridgehead atoms. The molecule has 0 fully saturated rings. The number of hydrogen-bond donors (Lipinski definition) is 2. The van der Waals surface area contributed by atoms with Crippen LogP contribution in [0.25, 0.3) is 0 Å². The fourth-order valence-electron chi connectivity index (χ4n) is 1.57. The summed E-state index contributed by atoms with van der Waals surface area (Å²) in [6.45, 7) is 3.72. The number of rotatable bonds is 5. The van der Waals surface area contributed by atoms with Crippen LogP contribution >= 0.6 is 0 Å². The van der Waals surface area contributed by atoms with Crippen molar-refractivity contribution in [2.45, 2.75) is 20.4 Å². The van der Waals surface area contributed by atoms with Gasteiger partial charge in [-0.05, 0) is 31.5 Å². The van der Waals surface area contributed by atoms with Crippen molar-refractivity contribution in [1.82, 2.24) is 5.01 Å². The van der Waals surface area contributed by atoms with Gasteiger partial charge >= 0.3 is 5.97 Å². The number of carbonyl (C=O) groups is 1. The first-order chi connectivity index (χ1) is 8.95. The molecule has 0 amide bonds. The zero-order chi connectivity index (χ0) is 14.4. The monoisotopic (exact) mass is 267 g/mol. The molecule has 1 aromatic rings. The lowest BCUT2D eigenvalue weighted by Crippen LogP contribution is -2.36. The Hall–Kier alpha value is -2.08. The van der Waals surface area contributed by atoms with Crippen molar-refractivity contribution in [3.8, 4) is 0 Å². The summed E-state index contributed by atoms with van der Waals surface area (Å²) in [6.07, 6.45) is 0. The molecule has 0 radical (unpaired) electrons. The van der Waals surface area contributed by atoms with Crippen LogP contribution in [0.5, 0.6) is 0 Å². The molecule has 5 nitrogen and oxygen atoms in total. The minimum Gasteiger partial charge on any atom is -0.461 e. The highest BCUT2D eigenvalue weighted by Crippen LogP contribution is 2.11. The van der Waals surface area contributed by atoms with Crippen molar-refractivity contribution in [2.75, 3.05) is 6.61 Å². The molecular formula is C13H18FN3O2. The number of nitrogens with two attached hydrogens (primary N) is 2. The zero-order valence-electron chi connectivity index (χ0n) is 11.0. The number of hydrogen-bond acceptors (Lipinski definition) is 5. The van der Waals surface area contributed by atoms with E-state index in [-0.39, 0.29) is 30.4 Å². The molecule has 0 saturated carbocycles. The molecule has 0 saturated heterocycles. The number of esters is 1. The van der Waals surface area contributed by atoms with E-state index in [1.807, 2.05) is 0 Å². The second-order valence-electron chi connectivity index (χ2n) is 4.01. The average Bonchev–Trinajstić information content (AvgIpc) is 2.32. The average molecular weight is 267 g/mol. The van der Waals surface area contributed by atoms with Crippen molar-refractivity contribution < 1.29 is 13.9 Å². The summed E-state index contributed by atoms with van der Waals surface area (Å²) < 4.78 is 17.7. The van der Waals surface area contributed by atoms with Crippen molar-refractivity contribution in [3.63, 3.8) is 0 Å². The summed E-state index contributed by atoms with van der Waals surface area (Å²) in [5, 5.41) is 1.20. The summed E-state index contributed by atoms with van der Waals surface area (Å²) in [5.41, 5.74) is 6.77. The summed E-state index contributed by atoms with van der Waals surface area (Å²) >= 11 is 0. The number of carbonyl (C=O) groups excluding carboxylic acids is 1. The molecule has 1 rings (SSSR count). The Balaban J connectivity index is 2.84. The van der Waals surface area contributed by atoms with Gasteiger partial charge in [-0.2, -0.15) is 0 Å². The maximum Gasteiger partial charge on any atom is 0.357 e.